The average molecular weight is 188 g/mol. The molecule has 0 heterocycles. The predicted molar refractivity (Wildman–Crippen MR) is 20.6 cm³/mol. The van der Waals surface area contributed by atoms with E-state index >= 15 is 0 Å². The number of hydrogen-bond acceptors (Lipinski definition) is 0. The van der Waals surface area contributed by atoms with Crippen LogP contribution < -0.4 is 0 Å². The monoisotopic (exact) mass is 188 g/mol. The molecule has 0 amide bonds. The van der Waals surface area contributed by atoms with E-state index in [2.05, 4.69) is 0 Å². The topological polar surface area (TPSA) is 31.5 Å². The van der Waals surface area contributed by atoms with Gasteiger partial charge in [0.15, 0.2) is 0 Å². The summed E-state index contributed by atoms with van der Waals surface area (Å²) in [6, 6.07) is 0. The first-order valence-corrected chi connectivity index (χ1v) is 1.92. The standard InChI is InChI=1S/C3HF7.H2O/c4-1(5)2(6,7)3(8,9)10;/h1H;1H2. The van der Waals surface area contributed by atoms with Crippen LogP contribution in [0.5, 0.6) is 0 Å². The van der Waals surface area contributed by atoms with E-state index in [1.54, 1.807) is 0 Å². The second-order valence-corrected chi connectivity index (χ2v) is 1.42. The zero-order valence-electron chi connectivity index (χ0n) is 4.72. The molecular formula is C3H3F7O. The minimum absolute atomic E-state index is 0. The van der Waals surface area contributed by atoms with Gasteiger partial charge < -0.3 is 5.48 Å². The molecular weight excluding hydrogens is 185 g/mol. The molecule has 8 heteroatoms. The molecule has 2 N–H and O–H groups in total. The Labute approximate surface area is 56.1 Å². The highest BCUT2D eigenvalue weighted by molar-refractivity contribution is 4.77. The van der Waals surface area contributed by atoms with Crippen molar-refractivity contribution in [2.24, 2.45) is 0 Å². The summed E-state index contributed by atoms with van der Waals surface area (Å²) >= 11 is 0. The molecule has 70 valence electrons. The van der Waals surface area contributed by atoms with Gasteiger partial charge in [0.2, 0.25) is 0 Å². The van der Waals surface area contributed by atoms with Crippen LogP contribution in [0.4, 0.5) is 30.7 Å². The van der Waals surface area contributed by atoms with Gasteiger partial charge >= 0.3 is 18.5 Å². The van der Waals surface area contributed by atoms with E-state index in [4.69, 9.17) is 0 Å². The zero-order chi connectivity index (χ0) is 8.58. The quantitative estimate of drug-likeness (QED) is 0.560. The Kier molecular flexibility index (Phi) is 3.86. The van der Waals surface area contributed by atoms with Gasteiger partial charge in [0.1, 0.15) is 0 Å². The van der Waals surface area contributed by atoms with Crippen LogP contribution >= 0.6 is 0 Å². The molecule has 1 nitrogen and oxygen atoms in total. The van der Waals surface area contributed by atoms with E-state index in [0.29, 0.717) is 0 Å². The normalized spacial score (nSPS) is 13.1. The van der Waals surface area contributed by atoms with Crippen molar-refractivity contribution < 1.29 is 36.2 Å². The van der Waals surface area contributed by atoms with Crippen LogP contribution in [0.25, 0.3) is 0 Å². The van der Waals surface area contributed by atoms with Crippen LogP contribution in [0.1, 0.15) is 0 Å². The molecule has 0 aromatic rings. The Morgan fingerprint density at radius 1 is 0.818 bits per heavy atom. The smallest absolute Gasteiger partial charge is 0.412 e. The summed E-state index contributed by atoms with van der Waals surface area (Å²) in [7, 11) is 0. The lowest BCUT2D eigenvalue weighted by Gasteiger charge is -2.17. The van der Waals surface area contributed by atoms with E-state index < -0.39 is 18.5 Å². The first-order valence-electron chi connectivity index (χ1n) is 1.92. The molecule has 0 spiro atoms. The number of halogens is 7. The highest BCUT2D eigenvalue weighted by Gasteiger charge is 2.64. The van der Waals surface area contributed by atoms with Gasteiger partial charge in [0.05, 0.1) is 0 Å². The molecule has 0 saturated heterocycles. The van der Waals surface area contributed by atoms with Crippen molar-refractivity contribution in [3.63, 3.8) is 0 Å². The van der Waals surface area contributed by atoms with Gasteiger partial charge in [-0.1, -0.05) is 0 Å². The fourth-order valence-corrected chi connectivity index (χ4v) is 0.124. The number of rotatable bonds is 1. The second kappa shape index (κ2) is 3.24. The van der Waals surface area contributed by atoms with Gasteiger partial charge in [-0.15, -0.1) is 0 Å². The highest BCUT2D eigenvalue weighted by Crippen LogP contribution is 2.39. The third kappa shape index (κ3) is 2.52. The van der Waals surface area contributed by atoms with Gasteiger partial charge in [0, 0.05) is 0 Å². The highest BCUT2D eigenvalue weighted by atomic mass is 19.4. The van der Waals surface area contributed by atoms with E-state index in [0.717, 1.165) is 0 Å². The Hall–Kier alpha value is -0.530. The van der Waals surface area contributed by atoms with Gasteiger partial charge in [-0.2, -0.15) is 22.0 Å². The maximum atomic E-state index is 11.2. The molecule has 0 aliphatic carbocycles. The van der Waals surface area contributed by atoms with Gasteiger partial charge in [-0.05, 0) is 0 Å². The van der Waals surface area contributed by atoms with Crippen molar-refractivity contribution in [1.29, 1.82) is 0 Å². The number of hydrogen-bond donors (Lipinski definition) is 0. The summed E-state index contributed by atoms with van der Waals surface area (Å²) in [5.74, 6) is -5.90. The summed E-state index contributed by atoms with van der Waals surface area (Å²) in [6.45, 7) is 0. The van der Waals surface area contributed by atoms with Crippen molar-refractivity contribution in [2.75, 3.05) is 0 Å². The maximum Gasteiger partial charge on any atom is 0.459 e. The van der Waals surface area contributed by atoms with Crippen LogP contribution in [0.2, 0.25) is 0 Å². The van der Waals surface area contributed by atoms with Crippen molar-refractivity contribution in [3.8, 4) is 0 Å². The third-order valence-corrected chi connectivity index (χ3v) is 0.652. The molecule has 0 rings (SSSR count). The van der Waals surface area contributed by atoms with Gasteiger partial charge in [0.25, 0.3) is 0 Å². The Morgan fingerprint density at radius 2 is 1.09 bits per heavy atom. The molecule has 0 aliphatic rings. The van der Waals surface area contributed by atoms with Crippen LogP contribution in [0.15, 0.2) is 0 Å². The minimum atomic E-state index is -6.17. The van der Waals surface area contributed by atoms with Crippen LogP contribution in [0, 0.1) is 0 Å². The fraction of sp³-hybridized carbons (Fsp3) is 1.00. The SMILES string of the molecule is FC(F)C(F)(F)C(F)(F)F.O. The van der Waals surface area contributed by atoms with Crippen molar-refractivity contribution >= 4 is 0 Å². The Morgan fingerprint density at radius 3 is 1.09 bits per heavy atom. The molecule has 0 atom stereocenters. The summed E-state index contributed by atoms with van der Waals surface area (Å²) < 4.78 is 76.6. The second-order valence-electron chi connectivity index (χ2n) is 1.42. The van der Waals surface area contributed by atoms with Gasteiger partial charge in [-0.3, -0.25) is 0 Å². The summed E-state index contributed by atoms with van der Waals surface area (Å²) in [5, 5.41) is 0. The molecule has 0 saturated carbocycles. The zero-order valence-corrected chi connectivity index (χ0v) is 4.72. The Balaban J connectivity index is 0. The number of alkyl halides is 7. The molecule has 0 aromatic carbocycles. The van der Waals surface area contributed by atoms with E-state index in [9.17, 15) is 30.7 Å². The largest absolute Gasteiger partial charge is 0.459 e. The van der Waals surface area contributed by atoms with E-state index in [1.807, 2.05) is 0 Å². The minimum Gasteiger partial charge on any atom is -0.412 e. The van der Waals surface area contributed by atoms with E-state index in [1.165, 1.54) is 0 Å². The Bertz CT molecular complexity index is 115. The average Bonchev–Trinajstić information content (AvgIpc) is 1.62. The molecule has 0 radical (unpaired) electrons. The fourth-order valence-electron chi connectivity index (χ4n) is 0.124. The van der Waals surface area contributed by atoms with Crippen molar-refractivity contribution in [2.45, 2.75) is 18.5 Å². The maximum absolute atomic E-state index is 11.2. The van der Waals surface area contributed by atoms with Gasteiger partial charge in [-0.25, -0.2) is 8.78 Å². The molecule has 0 fully saturated rings. The lowest BCUT2D eigenvalue weighted by atomic mass is 10.3. The lowest BCUT2D eigenvalue weighted by Crippen LogP contribution is -2.42. The lowest BCUT2D eigenvalue weighted by molar-refractivity contribution is -0.320. The van der Waals surface area contributed by atoms with Crippen LogP contribution in [-0.2, 0) is 0 Å². The van der Waals surface area contributed by atoms with Crippen LogP contribution in [-0.4, -0.2) is 24.0 Å². The predicted octanol–water partition coefficient (Wildman–Crippen LogP) is 1.62. The summed E-state index contributed by atoms with van der Waals surface area (Å²) in [5.41, 5.74) is 0. The van der Waals surface area contributed by atoms with Crippen molar-refractivity contribution in [3.05, 3.63) is 0 Å². The van der Waals surface area contributed by atoms with Crippen molar-refractivity contribution in [1.82, 2.24) is 0 Å². The molecule has 11 heavy (non-hydrogen) atoms. The first kappa shape index (κ1) is 13.1. The molecule has 0 bridgehead atoms. The third-order valence-electron chi connectivity index (χ3n) is 0.652. The molecule has 0 aliphatic heterocycles. The molecule has 0 aromatic heterocycles. The summed E-state index contributed by atoms with van der Waals surface area (Å²) in [4.78, 5) is 0. The first-order chi connectivity index (χ1) is 4.19. The van der Waals surface area contributed by atoms with E-state index in [-0.39, 0.29) is 5.48 Å². The molecule has 0 unspecified atom stereocenters. The summed E-state index contributed by atoms with van der Waals surface area (Å²) in [6.07, 6.45) is -10.9. The van der Waals surface area contributed by atoms with Crippen LogP contribution in [0.3, 0.4) is 0 Å².